The van der Waals surface area contributed by atoms with E-state index in [9.17, 15) is 22.8 Å². The molecule has 0 unspecified atom stereocenters. The van der Waals surface area contributed by atoms with Crippen LogP contribution in [0.1, 0.15) is 16.1 Å². The maximum absolute atomic E-state index is 12.9. The summed E-state index contributed by atoms with van der Waals surface area (Å²) in [6.45, 7) is 0. The molecule has 122 valence electrons. The average Bonchev–Trinajstić information content (AvgIpc) is 2.54. The topological polar surface area (TPSA) is 78.0 Å². The van der Waals surface area contributed by atoms with Crippen molar-refractivity contribution in [2.24, 2.45) is 5.73 Å². The average molecular weight is 333 g/mol. The second kappa shape index (κ2) is 5.48. The van der Waals surface area contributed by atoms with Gasteiger partial charge in [-0.2, -0.15) is 23.0 Å². The molecule has 3 rings (SSSR count). The van der Waals surface area contributed by atoms with E-state index in [2.05, 4.69) is 5.10 Å². The van der Waals surface area contributed by atoms with Crippen molar-refractivity contribution in [3.63, 3.8) is 0 Å². The van der Waals surface area contributed by atoms with Gasteiger partial charge in [0.1, 0.15) is 0 Å². The predicted molar refractivity (Wildman–Crippen MR) is 80.9 cm³/mol. The van der Waals surface area contributed by atoms with Gasteiger partial charge in [0.15, 0.2) is 5.69 Å². The van der Waals surface area contributed by atoms with Crippen LogP contribution in [0.2, 0.25) is 0 Å². The molecule has 3 aromatic rings. The fraction of sp³-hybridized carbons (Fsp3) is 0.0625. The van der Waals surface area contributed by atoms with Crippen molar-refractivity contribution >= 4 is 16.7 Å². The summed E-state index contributed by atoms with van der Waals surface area (Å²) in [6, 6.07) is 10.2. The first-order valence-electron chi connectivity index (χ1n) is 6.78. The fourth-order valence-corrected chi connectivity index (χ4v) is 2.36. The number of aromatic nitrogens is 2. The molecular formula is C16H10F3N3O2. The summed E-state index contributed by atoms with van der Waals surface area (Å²) in [4.78, 5) is 24.1. The molecule has 0 spiro atoms. The number of hydrogen-bond acceptors (Lipinski definition) is 3. The maximum atomic E-state index is 12.9. The standard InChI is InChI=1S/C16H10F3N3O2/c17-16(18,19)9-4-3-5-10(8-9)22-15(24)12-7-2-1-6-11(12)13(21-22)14(20)23/h1-8H,(H2,20,23). The Morgan fingerprint density at radius 1 is 1.04 bits per heavy atom. The van der Waals surface area contributed by atoms with E-state index < -0.39 is 23.2 Å². The molecule has 0 atom stereocenters. The second-order valence-electron chi connectivity index (χ2n) is 5.02. The van der Waals surface area contributed by atoms with Gasteiger partial charge in [0.25, 0.3) is 11.5 Å². The van der Waals surface area contributed by atoms with Crippen LogP contribution in [0.3, 0.4) is 0 Å². The van der Waals surface area contributed by atoms with Crippen molar-refractivity contribution in [3.05, 3.63) is 70.1 Å². The third-order valence-corrected chi connectivity index (χ3v) is 3.46. The van der Waals surface area contributed by atoms with E-state index in [-0.39, 0.29) is 22.2 Å². The lowest BCUT2D eigenvalue weighted by molar-refractivity contribution is -0.137. The third-order valence-electron chi connectivity index (χ3n) is 3.46. The largest absolute Gasteiger partial charge is 0.416 e. The number of alkyl halides is 3. The number of amides is 1. The molecule has 5 nitrogen and oxygen atoms in total. The smallest absolute Gasteiger partial charge is 0.364 e. The van der Waals surface area contributed by atoms with E-state index >= 15 is 0 Å². The van der Waals surface area contributed by atoms with Gasteiger partial charge < -0.3 is 5.73 Å². The number of hydrogen-bond donors (Lipinski definition) is 1. The van der Waals surface area contributed by atoms with E-state index in [1.165, 1.54) is 18.2 Å². The molecule has 0 aliphatic carbocycles. The predicted octanol–water partition coefficient (Wildman–Crippen LogP) is 2.50. The van der Waals surface area contributed by atoms with Crippen molar-refractivity contribution in [3.8, 4) is 5.69 Å². The number of halogens is 3. The fourth-order valence-electron chi connectivity index (χ4n) is 2.36. The normalized spacial score (nSPS) is 11.6. The molecule has 0 bridgehead atoms. The Morgan fingerprint density at radius 2 is 1.71 bits per heavy atom. The molecule has 0 fully saturated rings. The molecule has 0 aliphatic heterocycles. The van der Waals surface area contributed by atoms with Crippen LogP contribution in [0.4, 0.5) is 13.2 Å². The quantitative estimate of drug-likeness (QED) is 0.783. The van der Waals surface area contributed by atoms with Gasteiger partial charge in [-0.1, -0.05) is 24.3 Å². The molecule has 0 saturated heterocycles. The van der Waals surface area contributed by atoms with Crippen molar-refractivity contribution in [1.29, 1.82) is 0 Å². The number of primary amides is 1. The lowest BCUT2D eigenvalue weighted by Crippen LogP contribution is -2.27. The van der Waals surface area contributed by atoms with Gasteiger partial charge in [-0.15, -0.1) is 0 Å². The number of fused-ring (bicyclic) bond motifs is 1. The molecule has 8 heteroatoms. The molecule has 1 heterocycles. The Balaban J connectivity index is 2.34. The summed E-state index contributed by atoms with van der Waals surface area (Å²) >= 11 is 0. The highest BCUT2D eigenvalue weighted by Gasteiger charge is 2.30. The first kappa shape index (κ1) is 15.7. The first-order chi connectivity index (χ1) is 11.3. The Labute approximate surface area is 133 Å². The summed E-state index contributed by atoms with van der Waals surface area (Å²) in [6.07, 6.45) is -4.57. The molecule has 1 aromatic heterocycles. The number of nitrogens with two attached hydrogens (primary N) is 1. The zero-order valence-electron chi connectivity index (χ0n) is 12.0. The van der Waals surface area contributed by atoms with Crippen LogP contribution in [0, 0.1) is 0 Å². The Bertz CT molecular complexity index is 1010. The summed E-state index contributed by atoms with van der Waals surface area (Å²) in [5, 5.41) is 4.24. The SMILES string of the molecule is NC(=O)c1nn(-c2cccc(C(F)(F)F)c2)c(=O)c2ccccc12. The molecule has 0 saturated carbocycles. The van der Waals surface area contributed by atoms with Crippen LogP contribution >= 0.6 is 0 Å². The van der Waals surface area contributed by atoms with Crippen LogP contribution in [-0.4, -0.2) is 15.7 Å². The second-order valence-corrected chi connectivity index (χ2v) is 5.02. The molecule has 1 amide bonds. The molecular weight excluding hydrogens is 323 g/mol. The van der Waals surface area contributed by atoms with E-state index in [0.29, 0.717) is 0 Å². The Kier molecular flexibility index (Phi) is 3.59. The minimum Gasteiger partial charge on any atom is -0.364 e. The Morgan fingerprint density at radius 3 is 2.33 bits per heavy atom. The third kappa shape index (κ3) is 2.62. The summed E-state index contributed by atoms with van der Waals surface area (Å²) in [7, 11) is 0. The van der Waals surface area contributed by atoms with Gasteiger partial charge in [0.05, 0.1) is 16.6 Å². The zero-order chi connectivity index (χ0) is 17.5. The van der Waals surface area contributed by atoms with Crippen LogP contribution in [0.5, 0.6) is 0 Å². The van der Waals surface area contributed by atoms with E-state index in [1.54, 1.807) is 12.1 Å². The highest BCUT2D eigenvalue weighted by molar-refractivity contribution is 6.04. The van der Waals surface area contributed by atoms with Gasteiger partial charge in [0.2, 0.25) is 0 Å². The molecule has 0 aliphatic rings. The zero-order valence-corrected chi connectivity index (χ0v) is 12.0. The van der Waals surface area contributed by atoms with Gasteiger partial charge in [-0.3, -0.25) is 9.59 Å². The summed E-state index contributed by atoms with van der Waals surface area (Å²) in [5.74, 6) is -0.882. The lowest BCUT2D eigenvalue weighted by Gasteiger charge is -2.11. The molecule has 24 heavy (non-hydrogen) atoms. The van der Waals surface area contributed by atoms with Gasteiger partial charge >= 0.3 is 6.18 Å². The molecule has 2 N–H and O–H groups in total. The van der Waals surface area contributed by atoms with Crippen LogP contribution in [-0.2, 0) is 6.18 Å². The van der Waals surface area contributed by atoms with Crippen molar-refractivity contribution in [2.45, 2.75) is 6.18 Å². The molecule has 2 aromatic carbocycles. The van der Waals surface area contributed by atoms with Crippen LogP contribution in [0.25, 0.3) is 16.5 Å². The highest BCUT2D eigenvalue weighted by atomic mass is 19.4. The highest BCUT2D eigenvalue weighted by Crippen LogP contribution is 2.30. The number of benzene rings is 2. The minimum absolute atomic E-state index is 0.108. The van der Waals surface area contributed by atoms with Gasteiger partial charge in [-0.25, -0.2) is 0 Å². The summed E-state index contributed by atoms with van der Waals surface area (Å²) in [5.41, 5.74) is 3.41. The van der Waals surface area contributed by atoms with E-state index in [1.807, 2.05) is 0 Å². The number of carbonyl (C=O) groups excluding carboxylic acids is 1. The monoisotopic (exact) mass is 333 g/mol. The van der Waals surface area contributed by atoms with Gasteiger partial charge in [-0.05, 0) is 24.3 Å². The lowest BCUT2D eigenvalue weighted by atomic mass is 10.1. The van der Waals surface area contributed by atoms with Crippen molar-refractivity contribution in [1.82, 2.24) is 9.78 Å². The Hall–Kier alpha value is -3.16. The van der Waals surface area contributed by atoms with E-state index in [0.717, 1.165) is 22.9 Å². The minimum atomic E-state index is -4.57. The van der Waals surface area contributed by atoms with E-state index in [4.69, 9.17) is 5.73 Å². The summed E-state index contributed by atoms with van der Waals surface area (Å²) < 4.78 is 39.3. The van der Waals surface area contributed by atoms with Gasteiger partial charge in [0, 0.05) is 5.39 Å². The van der Waals surface area contributed by atoms with Crippen LogP contribution in [0.15, 0.2) is 53.3 Å². The van der Waals surface area contributed by atoms with Crippen LogP contribution < -0.4 is 11.3 Å². The van der Waals surface area contributed by atoms with Crippen molar-refractivity contribution < 1.29 is 18.0 Å². The number of nitrogens with zero attached hydrogens (tertiary/aromatic N) is 2. The number of rotatable bonds is 2. The molecule has 0 radical (unpaired) electrons. The van der Waals surface area contributed by atoms with Crippen molar-refractivity contribution in [2.75, 3.05) is 0 Å². The number of carbonyl (C=O) groups is 1. The first-order valence-corrected chi connectivity index (χ1v) is 6.78. The maximum Gasteiger partial charge on any atom is 0.416 e.